The number of hydrogen-bond acceptors (Lipinski definition) is 4. The van der Waals surface area contributed by atoms with Crippen LogP contribution in [-0.2, 0) is 0 Å². The lowest BCUT2D eigenvalue weighted by atomic mass is 10.1. The minimum atomic E-state index is -0.714. The number of carbonyl (C=O) groups is 2. The van der Waals surface area contributed by atoms with Crippen molar-refractivity contribution < 1.29 is 14.7 Å². The van der Waals surface area contributed by atoms with Crippen LogP contribution in [0.15, 0.2) is 40.9 Å². The highest BCUT2D eigenvalue weighted by atomic mass is 79.9. The predicted molar refractivity (Wildman–Crippen MR) is 118 cm³/mol. The molecule has 156 valence electrons. The molecule has 1 aromatic heterocycles. The molecule has 1 aliphatic rings. The molecule has 2 aromatic carbocycles. The van der Waals surface area contributed by atoms with E-state index < -0.39 is 6.04 Å². The molecule has 1 atom stereocenters. The molecule has 30 heavy (non-hydrogen) atoms. The van der Waals surface area contributed by atoms with Gasteiger partial charge in [0.2, 0.25) is 0 Å². The van der Waals surface area contributed by atoms with E-state index in [0.29, 0.717) is 32.0 Å². The number of likely N-dealkylation sites (tertiary alicyclic amines) is 1. The molecule has 0 radical (unpaired) electrons. The maximum atomic E-state index is 12.7. The van der Waals surface area contributed by atoms with Gasteiger partial charge in [-0.3, -0.25) is 9.59 Å². The summed E-state index contributed by atoms with van der Waals surface area (Å²) in [6.07, 6.45) is 2.03. The molecule has 0 bridgehead atoms. The number of carbonyl (C=O) groups excluding carboxylic acids is 2. The van der Waals surface area contributed by atoms with E-state index in [0.717, 1.165) is 31.4 Å². The Kier molecular flexibility index (Phi) is 6.08. The van der Waals surface area contributed by atoms with Crippen molar-refractivity contribution in [1.29, 1.82) is 0 Å². The highest BCUT2D eigenvalue weighted by Gasteiger charge is 2.23. The van der Waals surface area contributed by atoms with Crippen LogP contribution in [0.2, 0.25) is 5.02 Å². The monoisotopic (exact) mass is 490 g/mol. The Balaban J connectivity index is 1.51. The number of aliphatic hydroxyl groups is 1. The number of benzene rings is 2. The molecule has 9 heteroatoms. The molecule has 0 spiro atoms. The molecule has 2 heterocycles. The maximum Gasteiger partial charge on any atom is 0.254 e. The fourth-order valence-electron chi connectivity index (χ4n) is 3.53. The van der Waals surface area contributed by atoms with Crippen LogP contribution in [0.25, 0.3) is 11.0 Å². The van der Waals surface area contributed by atoms with E-state index in [1.165, 1.54) is 0 Å². The Bertz CT molecular complexity index is 1110. The maximum absolute atomic E-state index is 12.7. The molecule has 1 aliphatic heterocycles. The van der Waals surface area contributed by atoms with E-state index >= 15 is 0 Å². The summed E-state index contributed by atoms with van der Waals surface area (Å²) in [5.41, 5.74) is 2.31. The molecule has 3 N–H and O–H groups in total. The molecule has 2 amide bonds. The first-order valence-electron chi connectivity index (χ1n) is 9.62. The van der Waals surface area contributed by atoms with Gasteiger partial charge in [0.15, 0.2) is 0 Å². The van der Waals surface area contributed by atoms with Crippen molar-refractivity contribution in [2.24, 2.45) is 0 Å². The Morgan fingerprint density at radius 1 is 1.23 bits per heavy atom. The fourth-order valence-corrected chi connectivity index (χ4v) is 4.24. The summed E-state index contributed by atoms with van der Waals surface area (Å²) >= 11 is 9.41. The van der Waals surface area contributed by atoms with E-state index in [9.17, 15) is 14.7 Å². The largest absolute Gasteiger partial charge is 0.394 e. The number of nitrogens with zero attached hydrogens (tertiary/aromatic N) is 2. The van der Waals surface area contributed by atoms with Crippen LogP contribution < -0.4 is 5.32 Å². The summed E-state index contributed by atoms with van der Waals surface area (Å²) in [4.78, 5) is 34.7. The van der Waals surface area contributed by atoms with Crippen molar-refractivity contribution in [2.75, 3.05) is 19.7 Å². The molecule has 0 aliphatic carbocycles. The number of aromatic nitrogens is 2. The summed E-state index contributed by atoms with van der Waals surface area (Å²) in [7, 11) is 0. The summed E-state index contributed by atoms with van der Waals surface area (Å²) in [6, 6.07) is 9.39. The summed E-state index contributed by atoms with van der Waals surface area (Å²) in [6.45, 7) is 1.19. The van der Waals surface area contributed by atoms with Crippen molar-refractivity contribution in [1.82, 2.24) is 20.2 Å². The third-order valence-electron chi connectivity index (χ3n) is 5.14. The molecule has 3 aromatic rings. The average Bonchev–Trinajstić information content (AvgIpc) is 3.40. The average molecular weight is 492 g/mol. The molecule has 1 saturated heterocycles. The van der Waals surface area contributed by atoms with Crippen molar-refractivity contribution in [3.8, 4) is 0 Å². The van der Waals surface area contributed by atoms with Crippen molar-refractivity contribution >= 4 is 50.4 Å². The van der Waals surface area contributed by atoms with Gasteiger partial charge in [-0.1, -0.05) is 11.6 Å². The number of rotatable bonds is 5. The quantitative estimate of drug-likeness (QED) is 0.507. The number of hydrogen-bond donors (Lipinski definition) is 3. The van der Waals surface area contributed by atoms with Gasteiger partial charge in [-0.05, 0) is 65.2 Å². The van der Waals surface area contributed by atoms with Crippen LogP contribution in [0.4, 0.5) is 0 Å². The van der Waals surface area contributed by atoms with Crippen LogP contribution in [-0.4, -0.2) is 51.5 Å². The van der Waals surface area contributed by atoms with Gasteiger partial charge in [-0.25, -0.2) is 4.98 Å². The number of aromatic amines is 1. The van der Waals surface area contributed by atoms with Crippen molar-refractivity contribution in [3.05, 3.63) is 62.8 Å². The molecule has 0 unspecified atom stereocenters. The first-order valence-corrected chi connectivity index (χ1v) is 10.8. The van der Waals surface area contributed by atoms with E-state index in [2.05, 4.69) is 31.2 Å². The Hall–Kier alpha value is -2.42. The lowest BCUT2D eigenvalue weighted by molar-refractivity contribution is 0.0791. The van der Waals surface area contributed by atoms with Gasteiger partial charge < -0.3 is 20.3 Å². The number of aliphatic hydroxyl groups excluding tert-OH is 1. The van der Waals surface area contributed by atoms with Gasteiger partial charge >= 0.3 is 0 Å². The van der Waals surface area contributed by atoms with E-state index in [1.54, 1.807) is 36.4 Å². The van der Waals surface area contributed by atoms with Gasteiger partial charge in [0, 0.05) is 28.1 Å². The minimum absolute atomic E-state index is 0.0412. The second-order valence-electron chi connectivity index (χ2n) is 7.19. The smallest absolute Gasteiger partial charge is 0.254 e. The van der Waals surface area contributed by atoms with Gasteiger partial charge in [-0.15, -0.1) is 0 Å². The van der Waals surface area contributed by atoms with Gasteiger partial charge in [0.1, 0.15) is 11.9 Å². The third-order valence-corrected chi connectivity index (χ3v) is 6.03. The summed E-state index contributed by atoms with van der Waals surface area (Å²) in [5, 5.41) is 13.1. The number of halogens is 2. The molecular formula is C21H20BrClN4O3. The van der Waals surface area contributed by atoms with E-state index in [4.69, 9.17) is 11.6 Å². The summed E-state index contributed by atoms with van der Waals surface area (Å²) < 4.78 is 0.561. The SMILES string of the molecule is O=C(N[C@@H](CO)c1nc2cc(Cl)ccc2[nH]1)c1ccc(C(=O)N2CCCC2)c(Br)c1. The van der Waals surface area contributed by atoms with Crippen molar-refractivity contribution in [3.63, 3.8) is 0 Å². The van der Waals surface area contributed by atoms with E-state index in [-0.39, 0.29) is 18.4 Å². The zero-order valence-electron chi connectivity index (χ0n) is 16.0. The van der Waals surface area contributed by atoms with E-state index in [1.807, 2.05) is 4.90 Å². The second-order valence-corrected chi connectivity index (χ2v) is 8.48. The highest BCUT2D eigenvalue weighted by Crippen LogP contribution is 2.24. The predicted octanol–water partition coefficient (Wildman–Crippen LogP) is 3.68. The van der Waals surface area contributed by atoms with Crippen molar-refractivity contribution in [2.45, 2.75) is 18.9 Å². The van der Waals surface area contributed by atoms with Gasteiger partial charge in [0.25, 0.3) is 11.8 Å². The zero-order valence-corrected chi connectivity index (χ0v) is 18.3. The minimum Gasteiger partial charge on any atom is -0.394 e. The fraction of sp³-hybridized carbons (Fsp3) is 0.286. The number of fused-ring (bicyclic) bond motifs is 1. The second kappa shape index (κ2) is 8.75. The molecule has 1 fully saturated rings. The number of H-pyrrole nitrogens is 1. The topological polar surface area (TPSA) is 98.3 Å². The zero-order chi connectivity index (χ0) is 21.3. The first-order chi connectivity index (χ1) is 14.5. The van der Waals surface area contributed by atoms with Crippen LogP contribution in [0.5, 0.6) is 0 Å². The first kappa shape index (κ1) is 20.8. The third kappa shape index (κ3) is 4.21. The Labute approximate surface area is 186 Å². The number of imidazole rings is 1. The molecular weight excluding hydrogens is 472 g/mol. The lowest BCUT2D eigenvalue weighted by Crippen LogP contribution is -2.32. The number of amides is 2. The number of nitrogens with one attached hydrogen (secondary N) is 2. The lowest BCUT2D eigenvalue weighted by Gasteiger charge is -2.17. The van der Waals surface area contributed by atoms with Gasteiger partial charge in [0.05, 0.1) is 23.2 Å². The molecule has 0 saturated carbocycles. The molecule has 7 nitrogen and oxygen atoms in total. The Morgan fingerprint density at radius 3 is 2.70 bits per heavy atom. The Morgan fingerprint density at radius 2 is 2.00 bits per heavy atom. The normalized spacial score (nSPS) is 14.8. The highest BCUT2D eigenvalue weighted by molar-refractivity contribution is 9.10. The standard InChI is InChI=1S/C21H20BrClN4O3/c22-15-9-12(3-5-14(15)21(30)27-7-1-2-8-27)20(29)26-18(11-28)19-24-16-6-4-13(23)10-17(16)25-19/h3-6,9-10,18,28H,1-2,7-8,11H2,(H,24,25)(H,26,29)/t18-/m0/s1. The van der Waals surface area contributed by atoms with Crippen LogP contribution in [0, 0.1) is 0 Å². The van der Waals surface area contributed by atoms with Crippen LogP contribution in [0.1, 0.15) is 45.4 Å². The van der Waals surface area contributed by atoms with Crippen LogP contribution >= 0.6 is 27.5 Å². The summed E-state index contributed by atoms with van der Waals surface area (Å²) in [5.74, 6) is 0.0110. The van der Waals surface area contributed by atoms with Crippen LogP contribution in [0.3, 0.4) is 0 Å². The van der Waals surface area contributed by atoms with Gasteiger partial charge in [-0.2, -0.15) is 0 Å². The molecule has 4 rings (SSSR count).